The topological polar surface area (TPSA) is 72.0 Å². The summed E-state index contributed by atoms with van der Waals surface area (Å²) >= 11 is 6.07. The van der Waals surface area contributed by atoms with E-state index in [1.165, 1.54) is 19.3 Å². The van der Waals surface area contributed by atoms with Crippen LogP contribution in [0.1, 0.15) is 51.9 Å². The molecule has 7 heteroatoms. The van der Waals surface area contributed by atoms with Gasteiger partial charge in [-0.3, -0.25) is 0 Å². The van der Waals surface area contributed by atoms with E-state index in [0.717, 1.165) is 43.7 Å². The van der Waals surface area contributed by atoms with Crippen molar-refractivity contribution in [3.05, 3.63) is 29.5 Å². The monoisotopic (exact) mass is 375 g/mol. The van der Waals surface area contributed by atoms with Crippen LogP contribution in [0.4, 0.5) is 17.6 Å². The van der Waals surface area contributed by atoms with Crippen molar-refractivity contribution in [2.45, 2.75) is 57.9 Å². The minimum absolute atomic E-state index is 0.181. The Morgan fingerprint density at radius 1 is 1.04 bits per heavy atom. The average molecular weight is 376 g/mol. The van der Waals surface area contributed by atoms with Crippen LogP contribution in [0, 0.1) is 0 Å². The fraction of sp³-hybridized carbons (Fsp3) is 0.526. The van der Waals surface area contributed by atoms with Gasteiger partial charge in [0.05, 0.1) is 6.61 Å². The molecule has 0 unspecified atom stereocenters. The summed E-state index contributed by atoms with van der Waals surface area (Å²) < 4.78 is 5.67. The van der Waals surface area contributed by atoms with Gasteiger partial charge in [0.15, 0.2) is 0 Å². The molecule has 0 radical (unpaired) electrons. The van der Waals surface area contributed by atoms with Gasteiger partial charge in [-0.1, -0.05) is 32.6 Å². The second-order valence-corrected chi connectivity index (χ2v) is 6.92. The second kappa shape index (κ2) is 9.57. The van der Waals surface area contributed by atoms with Crippen molar-refractivity contribution < 1.29 is 4.74 Å². The van der Waals surface area contributed by atoms with Gasteiger partial charge in [-0.2, -0.15) is 15.0 Å². The Bertz CT molecular complexity index is 689. The van der Waals surface area contributed by atoms with Crippen LogP contribution in [0.3, 0.4) is 0 Å². The number of unbranched alkanes of at least 4 members (excludes halogenated alkanes) is 1. The van der Waals surface area contributed by atoms with E-state index in [1.807, 2.05) is 24.3 Å². The number of rotatable bonds is 8. The molecular formula is C19H26ClN5O. The van der Waals surface area contributed by atoms with Crippen molar-refractivity contribution in [3.63, 3.8) is 0 Å². The third-order valence-corrected chi connectivity index (χ3v) is 4.59. The molecule has 2 N–H and O–H groups in total. The Kier molecular flexibility index (Phi) is 6.89. The highest BCUT2D eigenvalue weighted by Gasteiger charge is 2.15. The van der Waals surface area contributed by atoms with Crippen molar-refractivity contribution in [3.8, 4) is 5.75 Å². The van der Waals surface area contributed by atoms with E-state index >= 15 is 0 Å². The number of halogens is 1. The molecule has 1 aliphatic carbocycles. The molecule has 1 aromatic heterocycles. The largest absolute Gasteiger partial charge is 0.494 e. The summed E-state index contributed by atoms with van der Waals surface area (Å²) in [4.78, 5) is 12.8. The van der Waals surface area contributed by atoms with Crippen molar-refractivity contribution in [2.75, 3.05) is 17.2 Å². The number of benzene rings is 1. The lowest BCUT2D eigenvalue weighted by Crippen LogP contribution is -2.23. The molecule has 0 spiro atoms. The molecule has 1 aromatic carbocycles. The fourth-order valence-corrected chi connectivity index (χ4v) is 3.16. The number of nitrogens with one attached hydrogen (secondary N) is 2. The van der Waals surface area contributed by atoms with Crippen LogP contribution >= 0.6 is 11.6 Å². The van der Waals surface area contributed by atoms with Gasteiger partial charge in [-0.15, -0.1) is 0 Å². The molecule has 0 bridgehead atoms. The van der Waals surface area contributed by atoms with Gasteiger partial charge in [0.1, 0.15) is 5.75 Å². The highest BCUT2D eigenvalue weighted by Crippen LogP contribution is 2.23. The lowest BCUT2D eigenvalue weighted by Gasteiger charge is -2.22. The zero-order chi connectivity index (χ0) is 18.2. The quantitative estimate of drug-likeness (QED) is 0.618. The standard InChI is InChI=1S/C19H26ClN5O/c1-2-3-13-26-16-11-9-15(10-12-16)22-19-24-17(20)23-18(25-19)21-14-7-5-4-6-8-14/h9-12,14H,2-8,13H2,1H3,(H2,21,22,23,24,25). The predicted molar refractivity (Wildman–Crippen MR) is 105 cm³/mol. The van der Waals surface area contributed by atoms with Gasteiger partial charge in [-0.25, -0.2) is 0 Å². The van der Waals surface area contributed by atoms with Gasteiger partial charge in [0.25, 0.3) is 0 Å². The molecule has 26 heavy (non-hydrogen) atoms. The number of nitrogens with zero attached hydrogens (tertiary/aromatic N) is 3. The Morgan fingerprint density at radius 2 is 1.77 bits per heavy atom. The van der Waals surface area contributed by atoms with Crippen molar-refractivity contribution in [1.82, 2.24) is 15.0 Å². The van der Waals surface area contributed by atoms with Crippen molar-refractivity contribution in [1.29, 1.82) is 0 Å². The normalized spacial score (nSPS) is 14.8. The van der Waals surface area contributed by atoms with Crippen molar-refractivity contribution in [2.24, 2.45) is 0 Å². The van der Waals surface area contributed by atoms with E-state index in [2.05, 4.69) is 32.5 Å². The minimum Gasteiger partial charge on any atom is -0.494 e. The van der Waals surface area contributed by atoms with Gasteiger partial charge < -0.3 is 15.4 Å². The zero-order valence-electron chi connectivity index (χ0n) is 15.2. The summed E-state index contributed by atoms with van der Waals surface area (Å²) in [6.45, 7) is 2.89. The number of aromatic nitrogens is 3. The molecule has 1 saturated carbocycles. The molecule has 1 aliphatic rings. The first kappa shape index (κ1) is 18.7. The Morgan fingerprint density at radius 3 is 2.50 bits per heavy atom. The van der Waals surface area contributed by atoms with Crippen LogP contribution in [-0.4, -0.2) is 27.6 Å². The van der Waals surface area contributed by atoms with Crippen LogP contribution in [0.15, 0.2) is 24.3 Å². The van der Waals surface area contributed by atoms with Gasteiger partial charge in [-0.05, 0) is 55.1 Å². The predicted octanol–water partition coefficient (Wildman–Crippen LogP) is 5.19. The second-order valence-electron chi connectivity index (χ2n) is 6.58. The molecular weight excluding hydrogens is 350 g/mol. The molecule has 3 rings (SSSR count). The van der Waals surface area contributed by atoms with E-state index in [-0.39, 0.29) is 5.28 Å². The van der Waals surface area contributed by atoms with Gasteiger partial charge in [0, 0.05) is 11.7 Å². The number of hydrogen-bond acceptors (Lipinski definition) is 6. The molecule has 1 fully saturated rings. The third-order valence-electron chi connectivity index (χ3n) is 4.42. The summed E-state index contributed by atoms with van der Waals surface area (Å²) in [6, 6.07) is 8.15. The van der Waals surface area contributed by atoms with Crippen LogP contribution in [-0.2, 0) is 0 Å². The number of anilines is 3. The molecule has 0 amide bonds. The molecule has 0 saturated heterocycles. The Hall–Kier alpha value is -2.08. The van der Waals surface area contributed by atoms with Crippen LogP contribution in [0.25, 0.3) is 0 Å². The SMILES string of the molecule is CCCCOc1ccc(Nc2nc(Cl)nc(NC3CCCCC3)n2)cc1. The van der Waals surface area contributed by atoms with E-state index < -0.39 is 0 Å². The molecule has 140 valence electrons. The smallest absolute Gasteiger partial charge is 0.233 e. The van der Waals surface area contributed by atoms with Crippen LogP contribution < -0.4 is 15.4 Å². The van der Waals surface area contributed by atoms with Crippen LogP contribution in [0.5, 0.6) is 5.75 Å². The van der Waals surface area contributed by atoms with Crippen LogP contribution in [0.2, 0.25) is 5.28 Å². The molecule has 0 aliphatic heterocycles. The van der Waals surface area contributed by atoms with Crippen molar-refractivity contribution >= 4 is 29.2 Å². The van der Waals surface area contributed by atoms with E-state index in [9.17, 15) is 0 Å². The molecule has 6 nitrogen and oxygen atoms in total. The number of hydrogen-bond donors (Lipinski definition) is 2. The summed E-state index contributed by atoms with van der Waals surface area (Å²) in [6.07, 6.45) is 8.26. The molecule has 1 heterocycles. The zero-order valence-corrected chi connectivity index (χ0v) is 15.9. The first-order chi connectivity index (χ1) is 12.7. The maximum absolute atomic E-state index is 6.07. The fourth-order valence-electron chi connectivity index (χ4n) is 3.00. The summed E-state index contributed by atoms with van der Waals surface area (Å²) in [7, 11) is 0. The maximum Gasteiger partial charge on any atom is 0.233 e. The van der Waals surface area contributed by atoms with E-state index in [1.54, 1.807) is 0 Å². The number of ether oxygens (including phenoxy) is 1. The van der Waals surface area contributed by atoms with E-state index in [0.29, 0.717) is 17.9 Å². The lowest BCUT2D eigenvalue weighted by atomic mass is 9.96. The molecule has 0 atom stereocenters. The highest BCUT2D eigenvalue weighted by atomic mass is 35.5. The first-order valence-corrected chi connectivity index (χ1v) is 9.79. The summed E-state index contributed by atoms with van der Waals surface area (Å²) in [5.74, 6) is 1.82. The molecule has 2 aromatic rings. The maximum atomic E-state index is 6.07. The average Bonchev–Trinajstić information content (AvgIpc) is 2.64. The minimum atomic E-state index is 0.181. The Labute approximate surface area is 159 Å². The first-order valence-electron chi connectivity index (χ1n) is 9.41. The third kappa shape index (κ3) is 5.73. The highest BCUT2D eigenvalue weighted by molar-refractivity contribution is 6.28. The lowest BCUT2D eigenvalue weighted by molar-refractivity contribution is 0.309. The summed E-state index contributed by atoms with van der Waals surface area (Å²) in [5.41, 5.74) is 0.874. The van der Waals surface area contributed by atoms with Gasteiger partial charge >= 0.3 is 0 Å². The van der Waals surface area contributed by atoms with Gasteiger partial charge in [0.2, 0.25) is 17.2 Å². The Balaban J connectivity index is 1.61. The summed E-state index contributed by atoms with van der Waals surface area (Å²) in [5, 5.41) is 6.73. The van der Waals surface area contributed by atoms with E-state index in [4.69, 9.17) is 16.3 Å².